The molecule has 0 aliphatic carbocycles. The molecule has 10 nitrogen and oxygen atoms in total. The largest absolute Gasteiger partial charge is 0.353 e. The zero-order valence-electron chi connectivity index (χ0n) is 21.8. The molecular formula is C28H31N9O. The van der Waals surface area contributed by atoms with E-state index in [1.165, 1.54) is 0 Å². The second kappa shape index (κ2) is 9.82. The summed E-state index contributed by atoms with van der Waals surface area (Å²) in [6.45, 7) is 6.87. The number of nitriles is 1. The third kappa shape index (κ3) is 4.34. The number of urea groups is 1. The molecule has 2 aliphatic rings. The fourth-order valence-electron chi connectivity index (χ4n) is 5.55. The summed E-state index contributed by atoms with van der Waals surface area (Å²) in [5.41, 5.74) is 5.02. The quantitative estimate of drug-likeness (QED) is 0.417. The Morgan fingerprint density at radius 3 is 2.50 bits per heavy atom. The van der Waals surface area contributed by atoms with Crippen molar-refractivity contribution in [2.24, 2.45) is 13.0 Å². The third-order valence-electron chi connectivity index (χ3n) is 7.84. The summed E-state index contributed by atoms with van der Waals surface area (Å²) < 4.78 is 3.52. The Bertz CT molecular complexity index is 1510. The number of nitrogens with zero attached hydrogens (tertiary/aromatic N) is 9. The van der Waals surface area contributed by atoms with E-state index in [9.17, 15) is 10.1 Å². The second-order valence-electron chi connectivity index (χ2n) is 10.2. The molecule has 1 atom stereocenters. The molecule has 1 unspecified atom stereocenters. The first-order chi connectivity index (χ1) is 18.5. The van der Waals surface area contributed by atoms with Gasteiger partial charge in [-0.15, -0.1) is 0 Å². The van der Waals surface area contributed by atoms with Gasteiger partial charge in [-0.05, 0) is 30.5 Å². The first-order valence-electron chi connectivity index (χ1n) is 13.2. The van der Waals surface area contributed by atoms with E-state index < -0.39 is 0 Å². The van der Waals surface area contributed by atoms with E-state index in [1.54, 1.807) is 15.4 Å². The molecule has 0 N–H and O–H groups in total. The number of hydrogen-bond donors (Lipinski definition) is 0. The van der Waals surface area contributed by atoms with E-state index >= 15 is 0 Å². The van der Waals surface area contributed by atoms with Crippen molar-refractivity contribution < 1.29 is 4.79 Å². The zero-order valence-corrected chi connectivity index (χ0v) is 21.8. The molecule has 4 aromatic rings. The molecule has 0 radical (unpaired) electrons. The van der Waals surface area contributed by atoms with Crippen molar-refractivity contribution in [3.05, 3.63) is 54.7 Å². The van der Waals surface area contributed by atoms with Crippen molar-refractivity contribution >= 4 is 17.4 Å². The average molecular weight is 510 g/mol. The minimum atomic E-state index is 0.176. The third-order valence-corrected chi connectivity index (χ3v) is 7.84. The normalized spacial score (nSPS) is 17.8. The van der Waals surface area contributed by atoms with Crippen LogP contribution >= 0.6 is 0 Å². The van der Waals surface area contributed by atoms with Gasteiger partial charge in [-0.1, -0.05) is 13.3 Å². The lowest BCUT2D eigenvalue weighted by Gasteiger charge is -2.37. The lowest BCUT2D eigenvalue weighted by Crippen LogP contribution is -2.52. The number of pyridine rings is 2. The molecule has 2 amide bonds. The monoisotopic (exact) mass is 509 g/mol. The van der Waals surface area contributed by atoms with Crippen LogP contribution < -0.4 is 4.90 Å². The van der Waals surface area contributed by atoms with E-state index in [0.29, 0.717) is 24.6 Å². The molecule has 0 saturated carbocycles. The number of piperazine rings is 1. The molecule has 6 rings (SSSR count). The summed E-state index contributed by atoms with van der Waals surface area (Å²) in [7, 11) is 1.89. The van der Waals surface area contributed by atoms with E-state index in [0.717, 1.165) is 72.6 Å². The van der Waals surface area contributed by atoms with Crippen LogP contribution in [-0.4, -0.2) is 79.5 Å². The van der Waals surface area contributed by atoms with Crippen LogP contribution in [0.1, 0.15) is 25.3 Å². The van der Waals surface area contributed by atoms with Crippen molar-refractivity contribution in [2.75, 3.05) is 44.2 Å². The minimum absolute atomic E-state index is 0.176. The number of amides is 2. The van der Waals surface area contributed by atoms with Crippen molar-refractivity contribution in [3.63, 3.8) is 0 Å². The highest BCUT2D eigenvalue weighted by Crippen LogP contribution is 2.32. The predicted molar refractivity (Wildman–Crippen MR) is 144 cm³/mol. The van der Waals surface area contributed by atoms with Crippen molar-refractivity contribution in [3.8, 4) is 28.3 Å². The maximum atomic E-state index is 13.0. The number of likely N-dealkylation sites (tertiary alicyclic amines) is 1. The van der Waals surface area contributed by atoms with Crippen molar-refractivity contribution in [2.45, 2.75) is 19.8 Å². The van der Waals surface area contributed by atoms with Crippen molar-refractivity contribution in [1.29, 1.82) is 5.26 Å². The number of carbonyl (C=O) groups excluding carboxylic acids is 1. The highest BCUT2D eigenvalue weighted by atomic mass is 16.2. The minimum Gasteiger partial charge on any atom is -0.353 e. The van der Waals surface area contributed by atoms with Gasteiger partial charge in [-0.3, -0.25) is 4.68 Å². The SMILES string of the molecule is CCC1CCN(C(=O)N2CCN(c3ccc(-c4cc(-c5cnn(C)c5)cn5ncc(C#N)c45)cn3)CC2)C1. The summed E-state index contributed by atoms with van der Waals surface area (Å²) in [5, 5.41) is 18.4. The van der Waals surface area contributed by atoms with Crippen LogP contribution in [0, 0.1) is 17.2 Å². The zero-order chi connectivity index (χ0) is 26.2. The maximum Gasteiger partial charge on any atom is 0.320 e. The van der Waals surface area contributed by atoms with Gasteiger partial charge in [0.15, 0.2) is 0 Å². The first-order valence-corrected chi connectivity index (χ1v) is 13.2. The fraction of sp³-hybridized carbons (Fsp3) is 0.393. The lowest BCUT2D eigenvalue weighted by molar-refractivity contribution is 0.158. The van der Waals surface area contributed by atoms with Crippen LogP contribution in [0.15, 0.2) is 49.2 Å². The second-order valence-corrected chi connectivity index (χ2v) is 10.2. The Morgan fingerprint density at radius 1 is 1.00 bits per heavy atom. The summed E-state index contributed by atoms with van der Waals surface area (Å²) in [5.74, 6) is 1.53. The molecule has 2 fully saturated rings. The van der Waals surface area contributed by atoms with Gasteiger partial charge in [0.25, 0.3) is 0 Å². The molecule has 38 heavy (non-hydrogen) atoms. The van der Waals surface area contributed by atoms with Crippen LogP contribution in [-0.2, 0) is 7.05 Å². The molecule has 6 heterocycles. The van der Waals surface area contributed by atoms with Crippen LogP contribution in [0.5, 0.6) is 0 Å². The number of fused-ring (bicyclic) bond motifs is 1. The molecule has 2 saturated heterocycles. The topological polar surface area (TPSA) is 98.6 Å². The van der Waals surface area contributed by atoms with Gasteiger partial charge in [0.1, 0.15) is 11.9 Å². The van der Waals surface area contributed by atoms with Gasteiger partial charge in [-0.2, -0.15) is 15.5 Å². The molecule has 10 heteroatoms. The molecule has 4 aromatic heterocycles. The highest BCUT2D eigenvalue weighted by Gasteiger charge is 2.30. The Kier molecular flexibility index (Phi) is 6.19. The molecule has 194 valence electrons. The maximum absolute atomic E-state index is 13.0. The summed E-state index contributed by atoms with van der Waals surface area (Å²) in [6, 6.07) is 8.57. The summed E-state index contributed by atoms with van der Waals surface area (Å²) in [4.78, 5) is 24.0. The Hall–Kier alpha value is -4.39. The van der Waals surface area contributed by atoms with Gasteiger partial charge < -0.3 is 14.7 Å². The number of aryl methyl sites for hydroxylation is 1. The number of rotatable bonds is 4. The molecule has 0 bridgehead atoms. The van der Waals surface area contributed by atoms with Crippen LogP contribution in [0.2, 0.25) is 0 Å². The van der Waals surface area contributed by atoms with E-state index in [4.69, 9.17) is 4.98 Å². The summed E-state index contributed by atoms with van der Waals surface area (Å²) in [6.07, 6.45) is 11.4. The Morgan fingerprint density at radius 2 is 1.84 bits per heavy atom. The van der Waals surface area contributed by atoms with Crippen LogP contribution in [0.25, 0.3) is 27.8 Å². The summed E-state index contributed by atoms with van der Waals surface area (Å²) >= 11 is 0. The number of hydrogen-bond acceptors (Lipinski definition) is 6. The van der Waals surface area contributed by atoms with E-state index in [2.05, 4.69) is 34.2 Å². The lowest BCUT2D eigenvalue weighted by atomic mass is 10.0. The molecule has 2 aliphatic heterocycles. The van der Waals surface area contributed by atoms with Crippen molar-refractivity contribution in [1.82, 2.24) is 34.2 Å². The van der Waals surface area contributed by atoms with Gasteiger partial charge >= 0.3 is 6.03 Å². The predicted octanol–water partition coefficient (Wildman–Crippen LogP) is 3.64. The van der Waals surface area contributed by atoms with Crippen LogP contribution in [0.3, 0.4) is 0 Å². The Balaban J connectivity index is 1.21. The number of carbonyl (C=O) groups is 1. The standard InChI is InChI=1S/C28H31N9O/c1-3-20-6-7-36(17-20)28(38)35-10-8-34(9-11-35)26-5-4-21(14-30-26)25-12-22(24-16-31-33(2)18-24)19-37-27(25)23(13-29)15-32-37/h4-5,12,14-16,18-20H,3,6-11,17H2,1-2H3. The first kappa shape index (κ1) is 24.0. The van der Waals surface area contributed by atoms with Crippen LogP contribution in [0.4, 0.5) is 10.6 Å². The Labute approximate surface area is 221 Å². The number of anilines is 1. The van der Waals surface area contributed by atoms with Gasteiger partial charge in [0.05, 0.1) is 23.5 Å². The van der Waals surface area contributed by atoms with Gasteiger partial charge in [-0.25, -0.2) is 14.3 Å². The molecular weight excluding hydrogens is 478 g/mol. The van der Waals surface area contributed by atoms with E-state index in [1.807, 2.05) is 53.8 Å². The number of aromatic nitrogens is 5. The highest BCUT2D eigenvalue weighted by molar-refractivity contribution is 5.87. The van der Waals surface area contributed by atoms with Gasteiger partial charge in [0.2, 0.25) is 0 Å². The molecule has 0 aromatic carbocycles. The fourth-order valence-corrected chi connectivity index (χ4v) is 5.55. The van der Waals surface area contributed by atoms with Gasteiger partial charge in [0, 0.05) is 87.2 Å². The van der Waals surface area contributed by atoms with E-state index in [-0.39, 0.29) is 6.03 Å². The average Bonchev–Trinajstić information content (AvgIpc) is 3.72. The molecule has 0 spiro atoms. The smallest absolute Gasteiger partial charge is 0.320 e.